The summed E-state index contributed by atoms with van der Waals surface area (Å²) in [5.74, 6) is 1.76. The molecular formula is C19H30IN5O. The molecule has 0 amide bonds. The molecule has 0 spiro atoms. The minimum atomic E-state index is 0. The molecule has 0 fully saturated rings. The molecule has 26 heavy (non-hydrogen) atoms. The van der Waals surface area contributed by atoms with Gasteiger partial charge in [-0.1, -0.05) is 18.2 Å². The van der Waals surface area contributed by atoms with Crippen molar-refractivity contribution in [3.63, 3.8) is 0 Å². The van der Waals surface area contributed by atoms with Crippen LogP contribution in [0.2, 0.25) is 0 Å². The Kier molecular flexibility index (Phi) is 8.91. The lowest BCUT2D eigenvalue weighted by molar-refractivity contribution is 0.396. The third-order valence-electron chi connectivity index (χ3n) is 4.34. The first kappa shape index (κ1) is 22.3. The zero-order valence-electron chi connectivity index (χ0n) is 16.5. The number of benzene rings is 1. The summed E-state index contributed by atoms with van der Waals surface area (Å²) in [6.07, 6.45) is 0. The normalized spacial score (nSPS) is 11.1. The first-order chi connectivity index (χ1) is 12.0. The maximum Gasteiger partial charge on any atom is 0.194 e. The maximum atomic E-state index is 5.45. The van der Waals surface area contributed by atoms with E-state index < -0.39 is 0 Å². The first-order valence-electron chi connectivity index (χ1n) is 8.58. The summed E-state index contributed by atoms with van der Waals surface area (Å²) in [6.45, 7) is 8.34. The van der Waals surface area contributed by atoms with Crippen molar-refractivity contribution in [2.24, 2.45) is 12.0 Å². The van der Waals surface area contributed by atoms with Crippen LogP contribution in [0.3, 0.4) is 0 Å². The van der Waals surface area contributed by atoms with Gasteiger partial charge < -0.3 is 15.0 Å². The number of para-hydroxylation sites is 1. The van der Waals surface area contributed by atoms with Gasteiger partial charge in [-0.3, -0.25) is 4.68 Å². The van der Waals surface area contributed by atoms with Gasteiger partial charge in [-0.2, -0.15) is 5.10 Å². The molecule has 1 heterocycles. The highest BCUT2D eigenvalue weighted by atomic mass is 127. The Hall–Kier alpha value is -1.77. The summed E-state index contributed by atoms with van der Waals surface area (Å²) < 4.78 is 7.36. The quantitative estimate of drug-likeness (QED) is 0.399. The molecule has 6 nitrogen and oxygen atoms in total. The van der Waals surface area contributed by atoms with E-state index in [4.69, 9.17) is 9.73 Å². The number of rotatable bonds is 6. The Bertz CT molecular complexity index is 742. The highest BCUT2D eigenvalue weighted by Gasteiger charge is 2.12. The topological polar surface area (TPSA) is 54.7 Å². The number of hydrogen-bond acceptors (Lipinski definition) is 3. The van der Waals surface area contributed by atoms with Crippen LogP contribution in [0.25, 0.3) is 0 Å². The smallest absolute Gasteiger partial charge is 0.194 e. The van der Waals surface area contributed by atoms with E-state index >= 15 is 0 Å². The average molecular weight is 471 g/mol. The van der Waals surface area contributed by atoms with Gasteiger partial charge in [0.25, 0.3) is 0 Å². The van der Waals surface area contributed by atoms with E-state index in [1.165, 1.54) is 5.56 Å². The largest absolute Gasteiger partial charge is 0.496 e. The van der Waals surface area contributed by atoms with Crippen LogP contribution in [0.5, 0.6) is 5.75 Å². The molecule has 1 N–H and O–H groups in total. The zero-order valence-corrected chi connectivity index (χ0v) is 18.9. The number of ether oxygens (including phenoxy) is 1. The van der Waals surface area contributed by atoms with Crippen LogP contribution in [-0.4, -0.2) is 41.3 Å². The highest BCUT2D eigenvalue weighted by molar-refractivity contribution is 14.0. The van der Waals surface area contributed by atoms with Crippen LogP contribution in [0.4, 0.5) is 0 Å². The molecule has 1 aromatic heterocycles. The monoisotopic (exact) mass is 471 g/mol. The second-order valence-electron chi connectivity index (χ2n) is 6.11. The molecule has 0 unspecified atom stereocenters. The number of aryl methyl sites for hydroxylation is 2. The van der Waals surface area contributed by atoms with Crippen LogP contribution in [0.1, 0.15) is 29.4 Å². The lowest BCUT2D eigenvalue weighted by Gasteiger charge is -2.23. The van der Waals surface area contributed by atoms with Gasteiger partial charge in [-0.25, -0.2) is 4.99 Å². The molecule has 0 saturated carbocycles. The summed E-state index contributed by atoms with van der Waals surface area (Å²) >= 11 is 0. The Morgan fingerprint density at radius 1 is 1.31 bits per heavy atom. The lowest BCUT2D eigenvalue weighted by Crippen LogP contribution is -2.38. The fourth-order valence-electron chi connectivity index (χ4n) is 2.83. The molecule has 0 aliphatic rings. The van der Waals surface area contributed by atoms with Crippen LogP contribution in [-0.2, 0) is 20.1 Å². The van der Waals surface area contributed by atoms with Gasteiger partial charge >= 0.3 is 0 Å². The van der Waals surface area contributed by atoms with Crippen molar-refractivity contribution in [3.8, 4) is 5.75 Å². The highest BCUT2D eigenvalue weighted by Crippen LogP contribution is 2.19. The Balaban J connectivity index is 0.00000338. The van der Waals surface area contributed by atoms with E-state index in [0.717, 1.165) is 41.7 Å². The number of nitrogens with zero attached hydrogens (tertiary/aromatic N) is 4. The van der Waals surface area contributed by atoms with Crippen molar-refractivity contribution in [2.75, 3.05) is 20.7 Å². The van der Waals surface area contributed by atoms with Gasteiger partial charge in [-0.15, -0.1) is 24.0 Å². The van der Waals surface area contributed by atoms with E-state index in [9.17, 15) is 0 Å². The fourth-order valence-corrected chi connectivity index (χ4v) is 2.83. The second kappa shape index (κ2) is 10.4. The van der Waals surface area contributed by atoms with Crippen LogP contribution in [0, 0.1) is 13.8 Å². The number of nitrogens with one attached hydrogen (secondary N) is 1. The molecule has 144 valence electrons. The van der Waals surface area contributed by atoms with Gasteiger partial charge in [-0.05, 0) is 26.8 Å². The molecule has 0 aliphatic carbocycles. The number of halogens is 1. The summed E-state index contributed by atoms with van der Waals surface area (Å²) in [5.41, 5.74) is 4.51. The standard InChI is InChI=1S/C19H29N5O.HI/c1-7-20-19(21-12-17-14(2)22-24(5)15(17)3)23(4)13-16-10-8-9-11-18(16)25-6;/h8-11H,7,12-13H2,1-6H3,(H,20,21);1H. The second-order valence-corrected chi connectivity index (χ2v) is 6.11. The summed E-state index contributed by atoms with van der Waals surface area (Å²) in [5, 5.41) is 7.83. The third-order valence-corrected chi connectivity index (χ3v) is 4.34. The Labute approximate surface area is 173 Å². The minimum absolute atomic E-state index is 0. The number of methoxy groups -OCH3 is 1. The zero-order chi connectivity index (χ0) is 18.4. The van der Waals surface area contributed by atoms with Crippen molar-refractivity contribution >= 4 is 29.9 Å². The van der Waals surface area contributed by atoms with E-state index in [1.807, 2.05) is 43.9 Å². The van der Waals surface area contributed by atoms with Crippen molar-refractivity contribution in [3.05, 3.63) is 46.8 Å². The molecule has 0 aliphatic heterocycles. The minimum Gasteiger partial charge on any atom is -0.496 e. The van der Waals surface area contributed by atoms with Gasteiger partial charge in [0, 0.05) is 44.0 Å². The fraction of sp³-hybridized carbons (Fsp3) is 0.474. The predicted molar refractivity (Wildman–Crippen MR) is 117 cm³/mol. The maximum absolute atomic E-state index is 5.45. The van der Waals surface area contributed by atoms with Gasteiger partial charge in [0.1, 0.15) is 5.75 Å². The summed E-state index contributed by atoms with van der Waals surface area (Å²) in [4.78, 5) is 6.92. The molecular weight excluding hydrogens is 441 g/mol. The van der Waals surface area contributed by atoms with E-state index in [-0.39, 0.29) is 24.0 Å². The van der Waals surface area contributed by atoms with Crippen molar-refractivity contribution < 1.29 is 4.74 Å². The number of guanidine groups is 1. The first-order valence-corrected chi connectivity index (χ1v) is 8.58. The lowest BCUT2D eigenvalue weighted by atomic mass is 10.2. The van der Waals surface area contributed by atoms with Crippen molar-refractivity contribution in [1.82, 2.24) is 20.0 Å². The van der Waals surface area contributed by atoms with Crippen LogP contribution in [0.15, 0.2) is 29.3 Å². The van der Waals surface area contributed by atoms with Gasteiger partial charge in [0.05, 0.1) is 19.3 Å². The molecule has 0 saturated heterocycles. The van der Waals surface area contributed by atoms with Crippen LogP contribution < -0.4 is 10.1 Å². The molecule has 7 heteroatoms. The number of aliphatic imine (C=N–C) groups is 1. The SMILES string of the molecule is CCNC(=NCc1c(C)nn(C)c1C)N(C)Cc1ccccc1OC.I. The van der Waals surface area contributed by atoms with Gasteiger partial charge in [0.15, 0.2) is 5.96 Å². The predicted octanol–water partition coefficient (Wildman–Crippen LogP) is 3.26. The molecule has 0 radical (unpaired) electrons. The molecule has 2 rings (SSSR count). The molecule has 1 aromatic carbocycles. The molecule has 0 atom stereocenters. The summed E-state index contributed by atoms with van der Waals surface area (Å²) in [6, 6.07) is 8.07. The Morgan fingerprint density at radius 3 is 2.58 bits per heavy atom. The van der Waals surface area contributed by atoms with Crippen molar-refractivity contribution in [1.29, 1.82) is 0 Å². The average Bonchev–Trinajstić information content (AvgIpc) is 2.84. The number of aromatic nitrogens is 2. The van der Waals surface area contributed by atoms with Crippen LogP contribution >= 0.6 is 24.0 Å². The van der Waals surface area contributed by atoms with E-state index in [0.29, 0.717) is 6.54 Å². The summed E-state index contributed by atoms with van der Waals surface area (Å²) in [7, 11) is 5.71. The molecule has 0 bridgehead atoms. The van der Waals surface area contributed by atoms with E-state index in [2.05, 4.69) is 35.2 Å². The molecule has 2 aromatic rings. The van der Waals surface area contributed by atoms with E-state index in [1.54, 1.807) is 7.11 Å². The third kappa shape index (κ3) is 5.36. The number of hydrogen-bond donors (Lipinski definition) is 1. The Morgan fingerprint density at radius 2 is 2.00 bits per heavy atom. The van der Waals surface area contributed by atoms with Gasteiger partial charge in [0.2, 0.25) is 0 Å². The van der Waals surface area contributed by atoms with Crippen molar-refractivity contribution in [2.45, 2.75) is 33.9 Å².